The van der Waals surface area contributed by atoms with Gasteiger partial charge in [-0.05, 0) is 49.3 Å². The van der Waals surface area contributed by atoms with Crippen LogP contribution in [0.2, 0.25) is 0 Å². The average Bonchev–Trinajstić information content (AvgIpc) is 2.47. The van der Waals surface area contributed by atoms with E-state index in [0.717, 1.165) is 23.7 Å². The fraction of sp³-hybridized carbons (Fsp3) is 0.562. The topological polar surface area (TPSA) is 41.1 Å². The van der Waals surface area contributed by atoms with Crippen LogP contribution in [0.4, 0.5) is 0 Å². The molecule has 0 radical (unpaired) electrons. The number of benzene rings is 1. The number of fused-ring (bicyclic) bond motifs is 1. The lowest BCUT2D eigenvalue weighted by Crippen LogP contribution is -2.59. The van der Waals surface area contributed by atoms with Gasteiger partial charge in [-0.3, -0.25) is 10.2 Å². The summed E-state index contributed by atoms with van der Waals surface area (Å²) in [6, 6.07) is 8.90. The molecule has 4 heteroatoms. The minimum atomic E-state index is 0.202. The molecule has 0 bridgehead atoms. The van der Waals surface area contributed by atoms with Gasteiger partial charge in [-0.25, -0.2) is 5.43 Å². The number of hydrogen-bond donors (Lipinski definition) is 2. The van der Waals surface area contributed by atoms with Crippen LogP contribution in [0.5, 0.6) is 0 Å². The number of carbonyl (C=O) groups excluding carboxylic acids is 1. The van der Waals surface area contributed by atoms with Crippen molar-refractivity contribution in [3.63, 3.8) is 0 Å². The quantitative estimate of drug-likeness (QED) is 0.889. The summed E-state index contributed by atoms with van der Waals surface area (Å²) in [5, 5.41) is 0. The van der Waals surface area contributed by atoms with Gasteiger partial charge in [0.25, 0.3) is 0 Å². The number of amides is 1. The molecule has 0 aromatic heterocycles. The summed E-state index contributed by atoms with van der Waals surface area (Å²) in [6.07, 6.45) is 6.85. The van der Waals surface area contributed by atoms with Crippen molar-refractivity contribution >= 4 is 21.8 Å². The third-order valence-corrected chi connectivity index (χ3v) is 5.18. The average molecular weight is 337 g/mol. The molecule has 1 aliphatic heterocycles. The second-order valence-electron chi connectivity index (χ2n) is 5.96. The number of carbonyl (C=O) groups is 1. The minimum absolute atomic E-state index is 0.202. The third-order valence-electron chi connectivity index (χ3n) is 4.69. The number of hydrazine groups is 1. The SMILES string of the molecule is O=C1NNC(CCc2cccc(Br)c2)C2CCCCC12. The predicted octanol–water partition coefficient (Wildman–Crippen LogP) is 3.19. The number of hydrogen-bond acceptors (Lipinski definition) is 2. The minimum Gasteiger partial charge on any atom is -0.291 e. The Kier molecular flexibility index (Phi) is 4.41. The first kappa shape index (κ1) is 14.1. The van der Waals surface area contributed by atoms with Crippen LogP contribution in [0, 0.1) is 11.8 Å². The van der Waals surface area contributed by atoms with Crippen molar-refractivity contribution in [3.05, 3.63) is 34.3 Å². The Hall–Kier alpha value is -0.870. The summed E-state index contributed by atoms with van der Waals surface area (Å²) in [7, 11) is 0. The molecule has 1 aliphatic carbocycles. The van der Waals surface area contributed by atoms with E-state index >= 15 is 0 Å². The van der Waals surface area contributed by atoms with E-state index in [1.807, 2.05) is 0 Å². The molecular formula is C16H21BrN2O. The molecule has 108 valence electrons. The van der Waals surface area contributed by atoms with Crippen molar-refractivity contribution < 1.29 is 4.79 Å². The van der Waals surface area contributed by atoms with Crippen LogP contribution in [-0.2, 0) is 11.2 Å². The van der Waals surface area contributed by atoms with E-state index in [4.69, 9.17) is 0 Å². The van der Waals surface area contributed by atoms with Crippen LogP contribution >= 0.6 is 15.9 Å². The van der Waals surface area contributed by atoms with Gasteiger partial charge in [-0.15, -0.1) is 0 Å². The molecule has 3 atom stereocenters. The van der Waals surface area contributed by atoms with Gasteiger partial charge in [0, 0.05) is 16.4 Å². The first-order chi connectivity index (χ1) is 9.74. The molecule has 2 fully saturated rings. The molecule has 3 nitrogen and oxygen atoms in total. The summed E-state index contributed by atoms with van der Waals surface area (Å²) in [6.45, 7) is 0. The maximum atomic E-state index is 11.9. The molecular weight excluding hydrogens is 316 g/mol. The zero-order valence-electron chi connectivity index (χ0n) is 11.6. The highest BCUT2D eigenvalue weighted by Gasteiger charge is 2.39. The summed E-state index contributed by atoms with van der Waals surface area (Å²) < 4.78 is 1.13. The third kappa shape index (κ3) is 3.07. The van der Waals surface area contributed by atoms with Crippen molar-refractivity contribution in [1.29, 1.82) is 0 Å². The van der Waals surface area contributed by atoms with Crippen molar-refractivity contribution in [1.82, 2.24) is 10.9 Å². The van der Waals surface area contributed by atoms with Crippen LogP contribution in [0.25, 0.3) is 0 Å². The van der Waals surface area contributed by atoms with Gasteiger partial charge < -0.3 is 0 Å². The Bertz CT molecular complexity index is 491. The van der Waals surface area contributed by atoms with Crippen molar-refractivity contribution in [3.8, 4) is 0 Å². The number of nitrogens with one attached hydrogen (secondary N) is 2. The maximum Gasteiger partial charge on any atom is 0.237 e. The van der Waals surface area contributed by atoms with E-state index in [0.29, 0.717) is 12.0 Å². The molecule has 3 unspecified atom stereocenters. The second-order valence-corrected chi connectivity index (χ2v) is 6.88. The van der Waals surface area contributed by atoms with Gasteiger partial charge in [0.2, 0.25) is 5.91 Å². The number of rotatable bonds is 3. The van der Waals surface area contributed by atoms with Gasteiger partial charge in [0.05, 0.1) is 0 Å². The molecule has 1 saturated carbocycles. The van der Waals surface area contributed by atoms with E-state index in [1.165, 1.54) is 24.8 Å². The summed E-state index contributed by atoms with van der Waals surface area (Å²) >= 11 is 3.52. The molecule has 1 heterocycles. The zero-order valence-corrected chi connectivity index (χ0v) is 13.2. The maximum absolute atomic E-state index is 11.9. The molecule has 2 aliphatic rings. The molecule has 1 amide bonds. The second kappa shape index (κ2) is 6.27. The summed E-state index contributed by atoms with van der Waals surface area (Å²) in [5.74, 6) is 0.954. The summed E-state index contributed by atoms with van der Waals surface area (Å²) in [5.41, 5.74) is 7.47. The molecule has 2 N–H and O–H groups in total. The lowest BCUT2D eigenvalue weighted by Gasteiger charge is -2.41. The Labute approximate surface area is 128 Å². The Morgan fingerprint density at radius 2 is 2.10 bits per heavy atom. The van der Waals surface area contributed by atoms with Gasteiger partial charge >= 0.3 is 0 Å². The van der Waals surface area contributed by atoms with E-state index in [9.17, 15) is 4.79 Å². The Morgan fingerprint density at radius 3 is 2.95 bits per heavy atom. The molecule has 1 aromatic carbocycles. The lowest BCUT2D eigenvalue weighted by molar-refractivity contribution is -0.133. The monoisotopic (exact) mass is 336 g/mol. The van der Waals surface area contributed by atoms with Gasteiger partial charge in [0.15, 0.2) is 0 Å². The molecule has 1 saturated heterocycles. The van der Waals surface area contributed by atoms with Gasteiger partial charge in [-0.1, -0.05) is 40.9 Å². The molecule has 3 rings (SSSR count). The van der Waals surface area contributed by atoms with Crippen LogP contribution < -0.4 is 10.9 Å². The molecule has 20 heavy (non-hydrogen) atoms. The fourth-order valence-electron chi connectivity index (χ4n) is 3.63. The van der Waals surface area contributed by atoms with Crippen LogP contribution in [0.15, 0.2) is 28.7 Å². The fourth-order valence-corrected chi connectivity index (χ4v) is 4.08. The highest BCUT2D eigenvalue weighted by Crippen LogP contribution is 2.35. The lowest BCUT2D eigenvalue weighted by atomic mass is 9.72. The smallest absolute Gasteiger partial charge is 0.237 e. The van der Waals surface area contributed by atoms with E-state index in [-0.39, 0.29) is 11.8 Å². The van der Waals surface area contributed by atoms with Crippen LogP contribution in [0.3, 0.4) is 0 Å². The Morgan fingerprint density at radius 1 is 1.25 bits per heavy atom. The van der Waals surface area contributed by atoms with Crippen LogP contribution in [-0.4, -0.2) is 11.9 Å². The van der Waals surface area contributed by atoms with Crippen molar-refractivity contribution in [2.75, 3.05) is 0 Å². The van der Waals surface area contributed by atoms with Crippen molar-refractivity contribution in [2.24, 2.45) is 11.8 Å². The zero-order chi connectivity index (χ0) is 13.9. The molecule has 1 aromatic rings. The largest absolute Gasteiger partial charge is 0.291 e. The van der Waals surface area contributed by atoms with Gasteiger partial charge in [0.1, 0.15) is 0 Å². The van der Waals surface area contributed by atoms with Crippen molar-refractivity contribution in [2.45, 2.75) is 44.6 Å². The van der Waals surface area contributed by atoms with Gasteiger partial charge in [-0.2, -0.15) is 0 Å². The normalized spacial score (nSPS) is 29.6. The highest BCUT2D eigenvalue weighted by molar-refractivity contribution is 9.10. The number of aryl methyl sites for hydroxylation is 1. The number of halogens is 1. The highest BCUT2D eigenvalue weighted by atomic mass is 79.9. The van der Waals surface area contributed by atoms with Crippen LogP contribution in [0.1, 0.15) is 37.7 Å². The standard InChI is InChI=1S/C16H21BrN2O/c17-12-5-3-4-11(10-12)8-9-15-13-6-1-2-7-14(13)16(20)19-18-15/h3-5,10,13-15,18H,1-2,6-9H2,(H,19,20). The predicted molar refractivity (Wildman–Crippen MR) is 83.0 cm³/mol. The Balaban J connectivity index is 1.63. The first-order valence-corrected chi connectivity index (χ1v) is 8.33. The first-order valence-electron chi connectivity index (χ1n) is 7.54. The van der Waals surface area contributed by atoms with E-state index in [2.05, 4.69) is 51.0 Å². The molecule has 0 spiro atoms. The van der Waals surface area contributed by atoms with E-state index < -0.39 is 0 Å². The summed E-state index contributed by atoms with van der Waals surface area (Å²) in [4.78, 5) is 11.9. The van der Waals surface area contributed by atoms with E-state index in [1.54, 1.807) is 0 Å².